The van der Waals surface area contributed by atoms with Crippen molar-refractivity contribution >= 4 is 38.7 Å². The van der Waals surface area contributed by atoms with Crippen molar-refractivity contribution in [2.45, 2.75) is 50.8 Å². The highest BCUT2D eigenvalue weighted by Crippen LogP contribution is 2.32. The van der Waals surface area contributed by atoms with Crippen LogP contribution in [0.2, 0.25) is 0 Å². The number of benzene rings is 1. The van der Waals surface area contributed by atoms with E-state index in [-0.39, 0.29) is 16.7 Å². The lowest BCUT2D eigenvalue weighted by atomic mass is 9.80. The Labute approximate surface area is 182 Å². The van der Waals surface area contributed by atoms with Gasteiger partial charge in [-0.3, -0.25) is 4.79 Å². The molecule has 164 valence electrons. The van der Waals surface area contributed by atoms with E-state index in [0.29, 0.717) is 35.3 Å². The largest absolute Gasteiger partial charge is 0.342 e. The van der Waals surface area contributed by atoms with Gasteiger partial charge in [0.05, 0.1) is 11.7 Å². The Morgan fingerprint density at radius 1 is 1.13 bits per heavy atom. The number of hydrogen-bond acceptors (Lipinski definition) is 6. The Morgan fingerprint density at radius 3 is 2.53 bits per heavy atom. The molecule has 1 saturated carbocycles. The number of aromatic nitrogens is 2. The van der Waals surface area contributed by atoms with Gasteiger partial charge in [0.15, 0.2) is 0 Å². The monoisotopic (exact) mass is 450 g/mol. The van der Waals surface area contributed by atoms with Gasteiger partial charge < -0.3 is 4.90 Å². The van der Waals surface area contributed by atoms with Crippen LogP contribution in [0.15, 0.2) is 23.1 Å². The normalized spacial score (nSPS) is 28.0. The molecule has 1 saturated heterocycles. The second-order valence-electron chi connectivity index (χ2n) is 9.15. The van der Waals surface area contributed by atoms with Crippen molar-refractivity contribution < 1.29 is 13.2 Å². The van der Waals surface area contributed by atoms with Crippen molar-refractivity contribution in [2.75, 3.05) is 19.6 Å². The minimum absolute atomic E-state index is 0.0881. The SMILES string of the molecule is C[C@H]1C[C@H](C)CN(C(=O)C2CCC(CNS(=O)(=O)c3cccc4nsnc34)CC2)C1. The van der Waals surface area contributed by atoms with E-state index in [1.165, 1.54) is 6.42 Å². The zero-order valence-electron chi connectivity index (χ0n) is 17.6. The fraction of sp³-hybridized carbons (Fsp3) is 0.667. The highest BCUT2D eigenvalue weighted by molar-refractivity contribution is 7.89. The number of likely N-dealkylation sites (tertiary alicyclic amines) is 1. The summed E-state index contributed by atoms with van der Waals surface area (Å²) < 4.78 is 36.6. The summed E-state index contributed by atoms with van der Waals surface area (Å²) in [6.45, 7) is 6.59. The lowest BCUT2D eigenvalue weighted by Crippen LogP contribution is -2.46. The van der Waals surface area contributed by atoms with Gasteiger partial charge >= 0.3 is 0 Å². The van der Waals surface area contributed by atoms with E-state index in [1.807, 2.05) is 0 Å². The van der Waals surface area contributed by atoms with Gasteiger partial charge in [0.25, 0.3) is 0 Å². The quantitative estimate of drug-likeness (QED) is 0.755. The fourth-order valence-electron chi connectivity index (χ4n) is 5.02. The number of carbonyl (C=O) groups excluding carboxylic acids is 1. The average molecular weight is 451 g/mol. The first-order valence-electron chi connectivity index (χ1n) is 10.8. The molecule has 2 aromatic rings. The smallest absolute Gasteiger partial charge is 0.242 e. The fourth-order valence-corrected chi connectivity index (χ4v) is 6.90. The molecule has 0 spiro atoms. The number of hydrogen-bond donors (Lipinski definition) is 1. The summed E-state index contributed by atoms with van der Waals surface area (Å²) in [5.74, 6) is 1.79. The lowest BCUT2D eigenvalue weighted by molar-refractivity contribution is -0.139. The van der Waals surface area contributed by atoms with E-state index < -0.39 is 10.0 Å². The molecule has 0 unspecified atom stereocenters. The van der Waals surface area contributed by atoms with E-state index in [0.717, 1.165) is 50.5 Å². The van der Waals surface area contributed by atoms with Gasteiger partial charge in [-0.25, -0.2) is 13.1 Å². The Hall–Kier alpha value is -1.58. The van der Waals surface area contributed by atoms with Crippen molar-refractivity contribution in [3.05, 3.63) is 18.2 Å². The van der Waals surface area contributed by atoms with Gasteiger partial charge in [0.1, 0.15) is 15.9 Å². The summed E-state index contributed by atoms with van der Waals surface area (Å²) in [4.78, 5) is 15.2. The number of piperidine rings is 1. The van der Waals surface area contributed by atoms with E-state index in [9.17, 15) is 13.2 Å². The van der Waals surface area contributed by atoms with Crippen molar-refractivity contribution in [3.63, 3.8) is 0 Å². The van der Waals surface area contributed by atoms with Crippen LogP contribution in [0.1, 0.15) is 46.0 Å². The lowest BCUT2D eigenvalue weighted by Gasteiger charge is -2.38. The first-order valence-corrected chi connectivity index (χ1v) is 13.0. The molecular weight excluding hydrogens is 420 g/mol. The van der Waals surface area contributed by atoms with E-state index >= 15 is 0 Å². The van der Waals surface area contributed by atoms with Gasteiger partial charge in [-0.15, -0.1) is 0 Å². The Kier molecular flexibility index (Phi) is 6.41. The van der Waals surface area contributed by atoms with Crippen molar-refractivity contribution in [3.8, 4) is 0 Å². The van der Waals surface area contributed by atoms with Gasteiger partial charge in [0, 0.05) is 25.6 Å². The third kappa shape index (κ3) is 4.68. The maximum atomic E-state index is 13.0. The predicted octanol–water partition coefficient (Wildman–Crippen LogP) is 3.28. The molecule has 2 atom stereocenters. The molecule has 0 bridgehead atoms. The molecule has 4 rings (SSSR count). The molecule has 2 aliphatic rings. The Bertz CT molecular complexity index is 989. The second kappa shape index (κ2) is 8.88. The molecule has 1 aromatic heterocycles. The minimum atomic E-state index is -3.64. The molecule has 9 heteroatoms. The summed E-state index contributed by atoms with van der Waals surface area (Å²) >= 11 is 1.02. The molecule has 1 aliphatic heterocycles. The highest BCUT2D eigenvalue weighted by Gasteiger charge is 2.33. The Balaban J connectivity index is 1.31. The summed E-state index contributed by atoms with van der Waals surface area (Å²) in [6.07, 6.45) is 4.63. The molecule has 2 fully saturated rings. The second-order valence-corrected chi connectivity index (χ2v) is 11.4. The van der Waals surface area contributed by atoms with Crippen molar-refractivity contribution in [1.82, 2.24) is 18.4 Å². The van der Waals surface area contributed by atoms with Crippen LogP contribution >= 0.6 is 11.7 Å². The van der Waals surface area contributed by atoms with Crippen molar-refractivity contribution in [1.29, 1.82) is 0 Å². The molecule has 30 heavy (non-hydrogen) atoms. The number of fused-ring (bicyclic) bond motifs is 1. The third-order valence-corrected chi connectivity index (χ3v) is 8.47. The Morgan fingerprint density at radius 2 is 1.83 bits per heavy atom. The third-order valence-electron chi connectivity index (χ3n) is 6.48. The van der Waals surface area contributed by atoms with Crippen LogP contribution in [0.4, 0.5) is 0 Å². The molecule has 1 amide bonds. The molecular formula is C21H30N4O3S2. The van der Waals surface area contributed by atoms with E-state index in [1.54, 1.807) is 18.2 Å². The molecule has 7 nitrogen and oxygen atoms in total. The van der Waals surface area contributed by atoms with Gasteiger partial charge in [-0.2, -0.15) is 8.75 Å². The minimum Gasteiger partial charge on any atom is -0.342 e. The molecule has 1 aliphatic carbocycles. The van der Waals surface area contributed by atoms with E-state index in [4.69, 9.17) is 0 Å². The summed E-state index contributed by atoms with van der Waals surface area (Å²) in [6, 6.07) is 5.03. The topological polar surface area (TPSA) is 92.3 Å². The van der Waals surface area contributed by atoms with Crippen LogP contribution in [-0.2, 0) is 14.8 Å². The number of nitrogens with one attached hydrogen (secondary N) is 1. The maximum Gasteiger partial charge on any atom is 0.242 e. The highest BCUT2D eigenvalue weighted by atomic mass is 32.2. The first-order chi connectivity index (χ1) is 14.3. The summed E-state index contributed by atoms with van der Waals surface area (Å²) in [5, 5.41) is 0. The molecule has 1 N–H and O–H groups in total. The van der Waals surface area contributed by atoms with Crippen LogP contribution in [-0.4, -0.2) is 47.6 Å². The van der Waals surface area contributed by atoms with Crippen LogP contribution in [0.25, 0.3) is 11.0 Å². The number of amides is 1. The molecule has 1 aromatic carbocycles. The van der Waals surface area contributed by atoms with Gasteiger partial charge in [-0.05, 0) is 62.0 Å². The molecule has 0 radical (unpaired) electrons. The van der Waals surface area contributed by atoms with Crippen LogP contribution < -0.4 is 4.72 Å². The average Bonchev–Trinajstić information content (AvgIpc) is 3.20. The van der Waals surface area contributed by atoms with Crippen LogP contribution in [0, 0.1) is 23.7 Å². The summed E-state index contributed by atoms with van der Waals surface area (Å²) in [5.41, 5.74) is 1.03. The van der Waals surface area contributed by atoms with E-state index in [2.05, 4.69) is 32.2 Å². The zero-order chi connectivity index (χ0) is 21.3. The number of carbonyl (C=O) groups is 1. The van der Waals surface area contributed by atoms with Gasteiger partial charge in [0.2, 0.25) is 15.9 Å². The zero-order valence-corrected chi connectivity index (χ0v) is 19.2. The number of sulfonamides is 1. The van der Waals surface area contributed by atoms with Crippen LogP contribution in [0.3, 0.4) is 0 Å². The predicted molar refractivity (Wildman–Crippen MR) is 118 cm³/mol. The number of nitrogens with zero attached hydrogens (tertiary/aromatic N) is 3. The van der Waals surface area contributed by atoms with Crippen LogP contribution in [0.5, 0.6) is 0 Å². The summed E-state index contributed by atoms with van der Waals surface area (Å²) in [7, 11) is -3.64. The number of rotatable bonds is 5. The van der Waals surface area contributed by atoms with Gasteiger partial charge in [-0.1, -0.05) is 19.9 Å². The standard InChI is InChI=1S/C21H30N4O3S2/c1-14-10-15(2)13-25(12-14)21(26)17-8-6-16(7-9-17)11-22-30(27,28)19-5-3-4-18-20(19)24-29-23-18/h3-5,14-17,22H,6-13H2,1-2H3/t14-,15-,16?,17?/m0/s1. The van der Waals surface area contributed by atoms with Crippen molar-refractivity contribution in [2.24, 2.45) is 23.7 Å². The maximum absolute atomic E-state index is 13.0. The molecule has 2 heterocycles. The first kappa shape index (κ1) is 21.6.